The Hall–Kier alpha value is -9.96. The fraction of sp³-hybridized carbons (Fsp3) is 0. The molecule has 0 aliphatic heterocycles. The molecule has 0 bridgehead atoms. The molecule has 1 radical (unpaired) electrons. The topological polar surface area (TPSA) is 19.4 Å². The molecule has 0 aliphatic rings. The van der Waals surface area contributed by atoms with Crippen molar-refractivity contribution < 1.29 is 20.1 Å². The van der Waals surface area contributed by atoms with Crippen LogP contribution >= 0.6 is 0 Å². The second-order valence-electron chi connectivity index (χ2n) is 19.7. The minimum absolute atomic E-state index is 0. The Balaban J connectivity index is 0.00000651. The first kappa shape index (κ1) is 51.8. The standard InChI is InChI=1S/C77H54N3.Ir/c1-8-25-57(26-9-1)72-73(58-27-10-2-11-28-58)76(61-46-50-69(51-47-61)79(65-33-14-4-15-34-65)66-35-16-5-17-36-66)77(62-48-52-70(53-49-62)80(67-37-18-6-19-38-67)68-39-20-7-21-40-68)74(59-29-12-3-13-30-59)75(72)60-44-42-56(43-45-60)63-31-24-32-64(55-63)71-41-22-23-54-78-71;/h1-31,33-55H;/q-1;. The van der Waals surface area contributed by atoms with E-state index in [1.54, 1.807) is 0 Å². The van der Waals surface area contributed by atoms with Gasteiger partial charge in [0.25, 0.3) is 0 Å². The number of nitrogens with zero attached hydrogens (tertiary/aromatic N) is 3. The zero-order valence-corrected chi connectivity index (χ0v) is 46.7. The van der Waals surface area contributed by atoms with E-state index in [9.17, 15) is 0 Å². The number of hydrogen-bond acceptors (Lipinski definition) is 3. The Morgan fingerprint density at radius 3 is 0.827 bits per heavy atom. The first-order chi connectivity index (χ1) is 39.7. The Kier molecular flexibility index (Phi) is 15.3. The predicted molar refractivity (Wildman–Crippen MR) is 336 cm³/mol. The summed E-state index contributed by atoms with van der Waals surface area (Å²) in [6, 6.07) is 119. The van der Waals surface area contributed by atoms with Crippen molar-refractivity contribution in [2.24, 2.45) is 0 Å². The quantitative estimate of drug-likeness (QED) is 0.101. The van der Waals surface area contributed by atoms with E-state index in [1.165, 1.54) is 0 Å². The molecule has 0 spiro atoms. The van der Waals surface area contributed by atoms with Crippen LogP contribution < -0.4 is 9.80 Å². The van der Waals surface area contributed by atoms with Crippen molar-refractivity contribution in [1.29, 1.82) is 0 Å². The smallest absolute Gasteiger partial charge is 0.0462 e. The molecule has 12 aromatic carbocycles. The van der Waals surface area contributed by atoms with Gasteiger partial charge < -0.3 is 14.8 Å². The number of rotatable bonds is 14. The monoisotopic (exact) mass is 1210 g/mol. The van der Waals surface area contributed by atoms with Gasteiger partial charge in [0.2, 0.25) is 0 Å². The Morgan fingerprint density at radius 2 is 0.506 bits per heavy atom. The molecule has 0 atom stereocenters. The summed E-state index contributed by atoms with van der Waals surface area (Å²) >= 11 is 0. The Bertz CT molecular complexity index is 4070. The van der Waals surface area contributed by atoms with Crippen LogP contribution in [0.25, 0.3) is 89.1 Å². The van der Waals surface area contributed by atoms with Crippen LogP contribution in [-0.2, 0) is 20.1 Å². The average Bonchev–Trinajstić information content (AvgIpc) is 3.70. The normalized spacial score (nSPS) is 10.9. The summed E-state index contributed by atoms with van der Waals surface area (Å²) in [5, 5.41) is 0. The van der Waals surface area contributed by atoms with Crippen LogP contribution in [0.2, 0.25) is 0 Å². The molecule has 13 rings (SSSR count). The van der Waals surface area contributed by atoms with Crippen LogP contribution in [0.3, 0.4) is 0 Å². The summed E-state index contributed by atoms with van der Waals surface area (Å²) in [7, 11) is 0. The van der Waals surface area contributed by atoms with Gasteiger partial charge in [-0.05, 0) is 157 Å². The van der Waals surface area contributed by atoms with Crippen molar-refractivity contribution in [3.63, 3.8) is 0 Å². The molecule has 387 valence electrons. The van der Waals surface area contributed by atoms with Crippen LogP contribution in [0, 0.1) is 6.07 Å². The number of pyridine rings is 1. The Morgan fingerprint density at radius 1 is 0.235 bits per heavy atom. The summed E-state index contributed by atoms with van der Waals surface area (Å²) < 4.78 is 0. The molecule has 0 aliphatic carbocycles. The Labute approximate surface area is 488 Å². The van der Waals surface area contributed by atoms with Gasteiger partial charge >= 0.3 is 0 Å². The van der Waals surface area contributed by atoms with Gasteiger partial charge in [0.05, 0.1) is 0 Å². The van der Waals surface area contributed by atoms with Crippen molar-refractivity contribution in [1.82, 2.24) is 4.98 Å². The average molecular weight is 1210 g/mol. The molecule has 3 nitrogen and oxygen atoms in total. The van der Waals surface area contributed by atoms with E-state index in [0.717, 1.165) is 123 Å². The molecule has 4 heteroatoms. The van der Waals surface area contributed by atoms with Crippen molar-refractivity contribution >= 4 is 34.1 Å². The number of benzene rings is 12. The van der Waals surface area contributed by atoms with E-state index >= 15 is 0 Å². The van der Waals surface area contributed by atoms with Crippen LogP contribution in [0.15, 0.2) is 328 Å². The molecule has 0 saturated carbocycles. The molecule has 0 N–H and O–H groups in total. The second-order valence-corrected chi connectivity index (χ2v) is 19.7. The molecule has 0 amide bonds. The molecule has 0 unspecified atom stereocenters. The van der Waals surface area contributed by atoms with Crippen LogP contribution in [0.1, 0.15) is 0 Å². The molecule has 0 saturated heterocycles. The minimum atomic E-state index is 0. The summed E-state index contributed by atoms with van der Waals surface area (Å²) in [5.74, 6) is 0. The summed E-state index contributed by atoms with van der Waals surface area (Å²) in [6.45, 7) is 0. The predicted octanol–water partition coefficient (Wildman–Crippen LogP) is 21.2. The number of hydrogen-bond donors (Lipinski definition) is 0. The van der Waals surface area contributed by atoms with E-state index in [0.29, 0.717) is 0 Å². The first-order valence-electron chi connectivity index (χ1n) is 27.2. The molecule has 1 aromatic heterocycles. The van der Waals surface area contributed by atoms with Gasteiger partial charge in [-0.2, -0.15) is 0 Å². The number of para-hydroxylation sites is 4. The molecule has 81 heavy (non-hydrogen) atoms. The first-order valence-corrected chi connectivity index (χ1v) is 27.2. The molecule has 0 fully saturated rings. The summed E-state index contributed by atoms with van der Waals surface area (Å²) in [5.41, 5.74) is 24.1. The number of aromatic nitrogens is 1. The zero-order valence-electron chi connectivity index (χ0n) is 44.4. The van der Waals surface area contributed by atoms with Crippen LogP contribution in [0.4, 0.5) is 34.1 Å². The van der Waals surface area contributed by atoms with E-state index in [1.807, 2.05) is 30.5 Å². The van der Waals surface area contributed by atoms with Crippen molar-refractivity contribution in [2.45, 2.75) is 0 Å². The van der Waals surface area contributed by atoms with Gasteiger partial charge in [-0.1, -0.05) is 224 Å². The van der Waals surface area contributed by atoms with E-state index in [2.05, 4.69) is 318 Å². The van der Waals surface area contributed by atoms with Crippen molar-refractivity contribution in [3.8, 4) is 89.1 Å². The maximum Gasteiger partial charge on any atom is 0.0462 e. The van der Waals surface area contributed by atoms with Gasteiger partial charge in [0.15, 0.2) is 0 Å². The van der Waals surface area contributed by atoms with Crippen molar-refractivity contribution in [2.75, 3.05) is 9.80 Å². The van der Waals surface area contributed by atoms with Gasteiger partial charge in [-0.3, -0.25) is 0 Å². The third kappa shape index (κ3) is 10.7. The molecule has 13 aromatic rings. The fourth-order valence-corrected chi connectivity index (χ4v) is 11.2. The zero-order chi connectivity index (χ0) is 53.5. The van der Waals surface area contributed by atoms with E-state index < -0.39 is 0 Å². The number of anilines is 6. The van der Waals surface area contributed by atoms with Crippen LogP contribution in [0.5, 0.6) is 0 Å². The summed E-state index contributed by atoms with van der Waals surface area (Å²) in [4.78, 5) is 9.31. The maximum atomic E-state index is 4.65. The maximum absolute atomic E-state index is 4.65. The third-order valence-corrected chi connectivity index (χ3v) is 14.8. The van der Waals surface area contributed by atoms with Gasteiger partial charge in [-0.25, -0.2) is 0 Å². The van der Waals surface area contributed by atoms with E-state index in [-0.39, 0.29) is 20.1 Å². The third-order valence-electron chi connectivity index (χ3n) is 14.8. The van der Waals surface area contributed by atoms with Crippen LogP contribution in [-0.4, -0.2) is 4.98 Å². The summed E-state index contributed by atoms with van der Waals surface area (Å²) in [6.07, 6.45) is 1.83. The fourth-order valence-electron chi connectivity index (χ4n) is 11.2. The van der Waals surface area contributed by atoms with Gasteiger partial charge in [0, 0.05) is 60.4 Å². The second kappa shape index (κ2) is 24.0. The minimum Gasteiger partial charge on any atom is -0.311 e. The molecule has 1 heterocycles. The molecular weight excluding hydrogens is 1160 g/mol. The largest absolute Gasteiger partial charge is 0.311 e. The van der Waals surface area contributed by atoms with E-state index in [4.69, 9.17) is 0 Å². The van der Waals surface area contributed by atoms with Gasteiger partial charge in [-0.15, -0.1) is 35.4 Å². The SMILES string of the molecule is [Ir].[c-]1ccc(-c2ccc(-c3c(-c4ccccc4)c(-c4ccccc4)c(-c4ccc(N(c5ccccc5)c5ccccc5)cc4)c(-c4ccc(N(c5ccccc5)c5ccccc5)cc4)c3-c3ccccc3)cc2)cc1-c1ccccn1. The van der Waals surface area contributed by atoms with Crippen molar-refractivity contribution in [3.05, 3.63) is 334 Å². The van der Waals surface area contributed by atoms with Gasteiger partial charge in [0.1, 0.15) is 0 Å². The molecular formula is C77H54IrN3-.